The molecule has 0 atom stereocenters. The minimum atomic E-state index is -0.334. The van der Waals surface area contributed by atoms with E-state index in [9.17, 15) is 9.59 Å². The Morgan fingerprint density at radius 2 is 2.24 bits per heavy atom. The molecule has 0 spiro atoms. The lowest BCUT2D eigenvalue weighted by atomic mass is 10.3. The van der Waals surface area contributed by atoms with Crippen LogP contribution in [-0.4, -0.2) is 28.6 Å². The Morgan fingerprint density at radius 1 is 1.38 bits per heavy atom. The lowest BCUT2D eigenvalue weighted by Crippen LogP contribution is -2.27. The van der Waals surface area contributed by atoms with Gasteiger partial charge in [0, 0.05) is 18.9 Å². The van der Waals surface area contributed by atoms with Crippen LogP contribution in [0.3, 0.4) is 0 Å². The fourth-order valence-electron chi connectivity index (χ4n) is 1.75. The van der Waals surface area contributed by atoms with Gasteiger partial charge in [0.05, 0.1) is 6.26 Å². The first-order valence-electron chi connectivity index (χ1n) is 6.67. The van der Waals surface area contributed by atoms with Gasteiger partial charge < -0.3 is 15.1 Å². The zero-order valence-corrected chi connectivity index (χ0v) is 12.0. The number of nitrogens with zero attached hydrogens (tertiary/aromatic N) is 2. The second-order valence-corrected chi connectivity index (χ2v) is 5.76. The average molecular weight is 306 g/mol. The molecule has 21 heavy (non-hydrogen) atoms. The van der Waals surface area contributed by atoms with Crippen molar-refractivity contribution in [2.45, 2.75) is 25.2 Å². The molecular weight excluding hydrogens is 292 g/mol. The normalized spacial score (nSPS) is 13.9. The standard InChI is InChI=1S/C13H14N4O3S/c18-10(5-6-14-11(19)9-2-1-7-20-9)15-13-17-16-12(21-13)8-3-4-8/h1-2,7-8H,3-6H2,(H,14,19)(H,15,17,18). The average Bonchev–Trinajstić information content (AvgIpc) is 2.99. The van der Waals surface area contributed by atoms with Crippen LogP contribution in [0.15, 0.2) is 22.8 Å². The maximum absolute atomic E-state index is 11.7. The zero-order chi connectivity index (χ0) is 14.7. The molecule has 3 rings (SSSR count). The molecule has 2 heterocycles. The highest BCUT2D eigenvalue weighted by molar-refractivity contribution is 7.15. The Morgan fingerprint density at radius 3 is 2.95 bits per heavy atom. The van der Waals surface area contributed by atoms with Gasteiger partial charge in [-0.2, -0.15) is 0 Å². The third kappa shape index (κ3) is 3.66. The number of furan rings is 1. The minimum Gasteiger partial charge on any atom is -0.459 e. The number of carbonyl (C=O) groups excluding carboxylic acids is 2. The number of rotatable bonds is 6. The molecule has 110 valence electrons. The van der Waals surface area contributed by atoms with Gasteiger partial charge in [-0.3, -0.25) is 9.59 Å². The summed E-state index contributed by atoms with van der Waals surface area (Å²) in [6.07, 6.45) is 3.90. The fourth-order valence-corrected chi connectivity index (χ4v) is 2.68. The molecule has 2 N–H and O–H groups in total. The molecule has 1 fully saturated rings. The van der Waals surface area contributed by atoms with Gasteiger partial charge in [-0.15, -0.1) is 10.2 Å². The van der Waals surface area contributed by atoms with Gasteiger partial charge >= 0.3 is 0 Å². The van der Waals surface area contributed by atoms with E-state index in [1.165, 1.54) is 17.6 Å². The molecule has 0 saturated heterocycles. The Kier molecular flexibility index (Phi) is 3.96. The van der Waals surface area contributed by atoms with Crippen LogP contribution < -0.4 is 10.6 Å². The summed E-state index contributed by atoms with van der Waals surface area (Å²) in [4.78, 5) is 23.3. The molecule has 0 unspecified atom stereocenters. The number of carbonyl (C=O) groups is 2. The first kappa shape index (κ1) is 13.7. The van der Waals surface area contributed by atoms with Crippen molar-refractivity contribution in [3.05, 3.63) is 29.2 Å². The molecule has 0 aromatic carbocycles. The smallest absolute Gasteiger partial charge is 0.286 e. The second kappa shape index (κ2) is 6.04. The van der Waals surface area contributed by atoms with Crippen LogP contribution in [-0.2, 0) is 4.79 Å². The van der Waals surface area contributed by atoms with E-state index in [0.717, 1.165) is 17.8 Å². The van der Waals surface area contributed by atoms with Crippen LogP contribution >= 0.6 is 11.3 Å². The summed E-state index contributed by atoms with van der Waals surface area (Å²) in [5.74, 6) is 0.224. The number of anilines is 1. The second-order valence-electron chi connectivity index (χ2n) is 4.75. The highest BCUT2D eigenvalue weighted by atomic mass is 32.1. The summed E-state index contributed by atoms with van der Waals surface area (Å²) < 4.78 is 4.95. The van der Waals surface area contributed by atoms with E-state index >= 15 is 0 Å². The number of amides is 2. The lowest BCUT2D eigenvalue weighted by Gasteiger charge is -2.03. The van der Waals surface area contributed by atoms with Crippen molar-refractivity contribution < 1.29 is 14.0 Å². The van der Waals surface area contributed by atoms with E-state index < -0.39 is 0 Å². The predicted octanol–water partition coefficient (Wildman–Crippen LogP) is 1.77. The summed E-state index contributed by atoms with van der Waals surface area (Å²) in [6, 6.07) is 3.20. The van der Waals surface area contributed by atoms with Gasteiger partial charge in [0.15, 0.2) is 5.76 Å². The topological polar surface area (TPSA) is 97.1 Å². The highest BCUT2D eigenvalue weighted by Gasteiger charge is 2.27. The zero-order valence-electron chi connectivity index (χ0n) is 11.2. The van der Waals surface area contributed by atoms with E-state index in [4.69, 9.17) is 4.42 Å². The SMILES string of the molecule is O=C(CCNC(=O)c1ccco1)Nc1nnc(C2CC2)s1. The van der Waals surface area contributed by atoms with Crippen LogP contribution in [0.25, 0.3) is 0 Å². The van der Waals surface area contributed by atoms with Crippen LogP contribution in [0.1, 0.15) is 40.7 Å². The molecule has 2 amide bonds. The van der Waals surface area contributed by atoms with E-state index in [-0.39, 0.29) is 30.5 Å². The van der Waals surface area contributed by atoms with Crippen LogP contribution in [0.4, 0.5) is 5.13 Å². The molecule has 7 nitrogen and oxygen atoms in total. The third-order valence-corrected chi connectivity index (χ3v) is 4.00. The molecule has 0 bridgehead atoms. The quantitative estimate of drug-likeness (QED) is 0.847. The van der Waals surface area contributed by atoms with Crippen LogP contribution in [0.2, 0.25) is 0 Å². The summed E-state index contributed by atoms with van der Waals surface area (Å²) in [7, 11) is 0. The third-order valence-electron chi connectivity index (χ3n) is 3.00. The molecule has 2 aromatic rings. The van der Waals surface area contributed by atoms with Crippen molar-refractivity contribution in [1.29, 1.82) is 0 Å². The summed E-state index contributed by atoms with van der Waals surface area (Å²) in [5.41, 5.74) is 0. The largest absolute Gasteiger partial charge is 0.459 e. The van der Waals surface area contributed by atoms with Gasteiger partial charge in [-0.05, 0) is 25.0 Å². The maximum Gasteiger partial charge on any atom is 0.286 e. The Bertz CT molecular complexity index is 634. The number of aromatic nitrogens is 2. The van der Waals surface area contributed by atoms with E-state index in [2.05, 4.69) is 20.8 Å². The van der Waals surface area contributed by atoms with Crippen molar-refractivity contribution in [2.75, 3.05) is 11.9 Å². The predicted molar refractivity (Wildman–Crippen MR) is 76.2 cm³/mol. The lowest BCUT2D eigenvalue weighted by molar-refractivity contribution is -0.116. The Balaban J connectivity index is 1.40. The molecule has 1 saturated carbocycles. The van der Waals surface area contributed by atoms with Crippen molar-refractivity contribution in [1.82, 2.24) is 15.5 Å². The van der Waals surface area contributed by atoms with E-state index in [1.54, 1.807) is 12.1 Å². The van der Waals surface area contributed by atoms with Gasteiger partial charge in [0.25, 0.3) is 5.91 Å². The van der Waals surface area contributed by atoms with Gasteiger partial charge in [-0.1, -0.05) is 11.3 Å². The fraction of sp³-hybridized carbons (Fsp3) is 0.385. The number of nitrogens with one attached hydrogen (secondary N) is 2. The Hall–Kier alpha value is -2.22. The van der Waals surface area contributed by atoms with E-state index in [0.29, 0.717) is 11.0 Å². The van der Waals surface area contributed by atoms with Crippen molar-refractivity contribution in [3.63, 3.8) is 0 Å². The van der Waals surface area contributed by atoms with E-state index in [1.807, 2.05) is 0 Å². The maximum atomic E-state index is 11.7. The van der Waals surface area contributed by atoms with Crippen LogP contribution in [0.5, 0.6) is 0 Å². The summed E-state index contributed by atoms with van der Waals surface area (Å²) in [6.45, 7) is 0.236. The molecule has 1 aliphatic rings. The van der Waals surface area contributed by atoms with Crippen LogP contribution in [0, 0.1) is 0 Å². The molecule has 0 aliphatic heterocycles. The van der Waals surface area contributed by atoms with Crippen molar-refractivity contribution in [3.8, 4) is 0 Å². The molecule has 2 aromatic heterocycles. The first-order valence-corrected chi connectivity index (χ1v) is 7.49. The summed E-state index contributed by atoms with van der Waals surface area (Å²) in [5, 5.41) is 14.8. The van der Waals surface area contributed by atoms with Crippen molar-refractivity contribution in [2.24, 2.45) is 0 Å². The number of hydrogen-bond donors (Lipinski definition) is 2. The number of hydrogen-bond acceptors (Lipinski definition) is 6. The van der Waals surface area contributed by atoms with Gasteiger partial charge in [-0.25, -0.2) is 0 Å². The first-order chi connectivity index (χ1) is 10.2. The van der Waals surface area contributed by atoms with Gasteiger partial charge in [0.1, 0.15) is 5.01 Å². The molecule has 0 radical (unpaired) electrons. The minimum absolute atomic E-state index is 0.171. The molecular formula is C13H14N4O3S. The summed E-state index contributed by atoms with van der Waals surface area (Å²) >= 11 is 1.41. The van der Waals surface area contributed by atoms with Crippen molar-refractivity contribution >= 4 is 28.3 Å². The molecule has 8 heteroatoms. The van der Waals surface area contributed by atoms with Gasteiger partial charge in [0.2, 0.25) is 11.0 Å². The highest BCUT2D eigenvalue weighted by Crippen LogP contribution is 2.41. The Labute approximate surface area is 124 Å². The molecule has 1 aliphatic carbocycles. The monoisotopic (exact) mass is 306 g/mol.